The second kappa shape index (κ2) is 5.68. The molecule has 0 aromatic heterocycles. The SMILES string of the molecule is CCOC(C1CC1)C(NN)C1CCOC2(CCC2)C1. The molecule has 1 heterocycles. The molecule has 1 saturated heterocycles. The quantitative estimate of drug-likeness (QED) is 0.571. The molecule has 2 aliphatic carbocycles. The van der Waals surface area contributed by atoms with Crippen molar-refractivity contribution in [2.75, 3.05) is 13.2 Å². The van der Waals surface area contributed by atoms with Gasteiger partial charge in [0, 0.05) is 13.2 Å². The third-order valence-electron chi connectivity index (χ3n) is 5.30. The van der Waals surface area contributed by atoms with Gasteiger partial charge in [0.2, 0.25) is 0 Å². The van der Waals surface area contributed by atoms with Crippen LogP contribution in [0.5, 0.6) is 0 Å². The van der Waals surface area contributed by atoms with Gasteiger partial charge in [0.25, 0.3) is 0 Å². The van der Waals surface area contributed by atoms with E-state index in [2.05, 4.69) is 12.3 Å². The number of rotatable bonds is 6. The first-order valence-electron chi connectivity index (χ1n) is 8.00. The van der Waals surface area contributed by atoms with Crippen LogP contribution in [0.3, 0.4) is 0 Å². The second-order valence-electron chi connectivity index (χ2n) is 6.59. The van der Waals surface area contributed by atoms with Gasteiger partial charge in [-0.2, -0.15) is 0 Å². The van der Waals surface area contributed by atoms with Gasteiger partial charge in [-0.25, -0.2) is 0 Å². The number of hydrazine groups is 1. The van der Waals surface area contributed by atoms with E-state index in [1.807, 2.05) is 0 Å². The van der Waals surface area contributed by atoms with Crippen molar-refractivity contribution in [1.82, 2.24) is 5.43 Å². The van der Waals surface area contributed by atoms with Crippen LogP contribution in [0.2, 0.25) is 0 Å². The summed E-state index contributed by atoms with van der Waals surface area (Å²) in [6.45, 7) is 3.76. The van der Waals surface area contributed by atoms with Crippen molar-refractivity contribution in [3.8, 4) is 0 Å². The van der Waals surface area contributed by atoms with E-state index < -0.39 is 0 Å². The number of hydrogen-bond donors (Lipinski definition) is 2. The molecule has 0 aromatic carbocycles. The molecule has 3 unspecified atom stereocenters. The predicted molar refractivity (Wildman–Crippen MR) is 74.5 cm³/mol. The van der Waals surface area contributed by atoms with Crippen LogP contribution in [0.15, 0.2) is 0 Å². The predicted octanol–water partition coefficient (Wildman–Crippen LogP) is 1.98. The largest absolute Gasteiger partial charge is 0.377 e. The highest BCUT2D eigenvalue weighted by molar-refractivity contribution is 5.00. The van der Waals surface area contributed by atoms with Crippen LogP contribution in [0.1, 0.15) is 51.9 Å². The fourth-order valence-electron chi connectivity index (χ4n) is 3.94. The van der Waals surface area contributed by atoms with Crippen LogP contribution in [0, 0.1) is 11.8 Å². The Bertz CT molecular complexity index is 303. The monoisotopic (exact) mass is 268 g/mol. The van der Waals surface area contributed by atoms with E-state index in [-0.39, 0.29) is 5.60 Å². The molecule has 0 radical (unpaired) electrons. The zero-order chi connectivity index (χ0) is 13.3. The molecule has 19 heavy (non-hydrogen) atoms. The highest BCUT2D eigenvalue weighted by atomic mass is 16.5. The first-order chi connectivity index (χ1) is 9.28. The summed E-state index contributed by atoms with van der Waals surface area (Å²) in [5, 5.41) is 0. The Morgan fingerprint density at radius 3 is 2.63 bits per heavy atom. The Kier molecular flexibility index (Phi) is 4.13. The van der Waals surface area contributed by atoms with Gasteiger partial charge in [0.15, 0.2) is 0 Å². The Hall–Kier alpha value is -0.160. The van der Waals surface area contributed by atoms with Gasteiger partial charge in [-0.15, -0.1) is 0 Å². The number of nitrogens with one attached hydrogen (secondary N) is 1. The number of ether oxygens (including phenoxy) is 2. The minimum atomic E-state index is 0.193. The van der Waals surface area contributed by atoms with Gasteiger partial charge in [0.1, 0.15) is 0 Å². The topological polar surface area (TPSA) is 56.5 Å². The maximum atomic E-state index is 6.03. The number of hydrogen-bond acceptors (Lipinski definition) is 4. The minimum absolute atomic E-state index is 0.193. The molecule has 0 amide bonds. The molecule has 3 aliphatic rings. The molecule has 3 rings (SSSR count). The van der Waals surface area contributed by atoms with Crippen LogP contribution in [0.4, 0.5) is 0 Å². The van der Waals surface area contributed by atoms with E-state index in [4.69, 9.17) is 15.3 Å². The average Bonchev–Trinajstić information content (AvgIpc) is 3.21. The normalized spacial score (nSPS) is 32.8. The number of nitrogens with two attached hydrogens (primary N) is 1. The van der Waals surface area contributed by atoms with Crippen LogP contribution < -0.4 is 11.3 Å². The third kappa shape index (κ3) is 2.82. The summed E-state index contributed by atoms with van der Waals surface area (Å²) >= 11 is 0. The highest BCUT2D eigenvalue weighted by Crippen LogP contribution is 2.47. The summed E-state index contributed by atoms with van der Waals surface area (Å²) in [4.78, 5) is 0. The van der Waals surface area contributed by atoms with E-state index in [0.29, 0.717) is 18.1 Å². The molecule has 4 heteroatoms. The molecule has 110 valence electrons. The summed E-state index contributed by atoms with van der Waals surface area (Å²) in [6, 6.07) is 0.300. The van der Waals surface area contributed by atoms with Crippen molar-refractivity contribution >= 4 is 0 Å². The first-order valence-corrected chi connectivity index (χ1v) is 8.00. The minimum Gasteiger partial charge on any atom is -0.377 e. The molecule has 3 atom stereocenters. The van der Waals surface area contributed by atoms with Crippen LogP contribution in [0.25, 0.3) is 0 Å². The molecule has 4 nitrogen and oxygen atoms in total. The van der Waals surface area contributed by atoms with Crippen molar-refractivity contribution in [2.24, 2.45) is 17.7 Å². The Morgan fingerprint density at radius 1 is 1.32 bits per heavy atom. The molecule has 1 aliphatic heterocycles. The summed E-state index contributed by atoms with van der Waals surface area (Å²) < 4.78 is 12.0. The van der Waals surface area contributed by atoms with Gasteiger partial charge in [-0.3, -0.25) is 11.3 Å². The first kappa shape index (κ1) is 13.8. The van der Waals surface area contributed by atoms with Gasteiger partial charge < -0.3 is 9.47 Å². The van der Waals surface area contributed by atoms with Crippen LogP contribution >= 0.6 is 0 Å². The highest BCUT2D eigenvalue weighted by Gasteiger charge is 2.47. The second-order valence-corrected chi connectivity index (χ2v) is 6.59. The zero-order valence-electron chi connectivity index (χ0n) is 12.1. The smallest absolute Gasteiger partial charge is 0.0772 e. The lowest BCUT2D eigenvalue weighted by Crippen LogP contribution is -2.56. The fourth-order valence-corrected chi connectivity index (χ4v) is 3.94. The molecule has 0 bridgehead atoms. The molecule has 2 saturated carbocycles. The van der Waals surface area contributed by atoms with Crippen LogP contribution in [-0.4, -0.2) is 31.0 Å². The van der Waals surface area contributed by atoms with Gasteiger partial charge in [0.05, 0.1) is 17.7 Å². The van der Waals surface area contributed by atoms with Crippen molar-refractivity contribution in [3.63, 3.8) is 0 Å². The van der Waals surface area contributed by atoms with E-state index in [1.165, 1.54) is 32.1 Å². The van der Waals surface area contributed by atoms with Crippen molar-refractivity contribution in [1.29, 1.82) is 0 Å². The summed E-state index contributed by atoms with van der Waals surface area (Å²) in [7, 11) is 0. The average molecular weight is 268 g/mol. The molecule has 3 N–H and O–H groups in total. The van der Waals surface area contributed by atoms with Crippen molar-refractivity contribution < 1.29 is 9.47 Å². The molecule has 1 spiro atoms. The maximum absolute atomic E-state index is 6.03. The van der Waals surface area contributed by atoms with Crippen molar-refractivity contribution in [2.45, 2.75) is 69.6 Å². The Morgan fingerprint density at radius 2 is 2.11 bits per heavy atom. The lowest BCUT2D eigenvalue weighted by atomic mass is 9.69. The third-order valence-corrected chi connectivity index (χ3v) is 5.30. The summed E-state index contributed by atoms with van der Waals surface area (Å²) in [5.41, 5.74) is 3.28. The molecule has 0 aromatic rings. The van der Waals surface area contributed by atoms with Gasteiger partial charge in [-0.1, -0.05) is 0 Å². The Balaban J connectivity index is 1.66. The molecular formula is C15H28N2O2. The zero-order valence-corrected chi connectivity index (χ0v) is 12.1. The Labute approximate surface area is 116 Å². The van der Waals surface area contributed by atoms with E-state index >= 15 is 0 Å². The van der Waals surface area contributed by atoms with E-state index in [0.717, 1.165) is 32.0 Å². The van der Waals surface area contributed by atoms with E-state index in [1.54, 1.807) is 0 Å². The van der Waals surface area contributed by atoms with Crippen molar-refractivity contribution in [3.05, 3.63) is 0 Å². The van der Waals surface area contributed by atoms with Gasteiger partial charge in [-0.05, 0) is 63.7 Å². The standard InChI is InChI=1S/C15H28N2O2/c1-2-18-14(11-4-5-11)13(17-16)12-6-9-19-15(10-12)7-3-8-15/h11-14,17H,2-10,16H2,1H3. The summed E-state index contributed by atoms with van der Waals surface area (Å²) in [5.74, 6) is 7.21. The van der Waals surface area contributed by atoms with E-state index in [9.17, 15) is 0 Å². The lowest BCUT2D eigenvalue weighted by Gasteiger charge is -2.49. The van der Waals surface area contributed by atoms with Crippen LogP contribution in [-0.2, 0) is 9.47 Å². The summed E-state index contributed by atoms with van der Waals surface area (Å²) in [6.07, 6.45) is 8.99. The molecular weight excluding hydrogens is 240 g/mol. The maximum Gasteiger partial charge on any atom is 0.0772 e. The lowest BCUT2D eigenvalue weighted by molar-refractivity contribution is -0.153. The molecule has 3 fully saturated rings. The van der Waals surface area contributed by atoms with Gasteiger partial charge >= 0.3 is 0 Å². The fraction of sp³-hybridized carbons (Fsp3) is 1.00.